The van der Waals surface area contributed by atoms with Gasteiger partial charge in [-0.2, -0.15) is 11.8 Å². The quantitative estimate of drug-likeness (QED) is 0.800. The van der Waals surface area contributed by atoms with Crippen LogP contribution in [-0.4, -0.2) is 33.2 Å². The largest absolute Gasteiger partial charge is 0.356 e. The van der Waals surface area contributed by atoms with Crippen LogP contribution in [-0.2, 0) is 14.1 Å². The van der Waals surface area contributed by atoms with Crippen LogP contribution in [0.5, 0.6) is 0 Å². The van der Waals surface area contributed by atoms with Crippen LogP contribution >= 0.6 is 11.8 Å². The molecule has 106 valence electrons. The molecule has 1 aliphatic rings. The highest BCUT2D eigenvalue weighted by molar-refractivity contribution is 8.00. The zero-order valence-electron chi connectivity index (χ0n) is 11.9. The Morgan fingerprint density at radius 1 is 1.26 bits per heavy atom. The smallest absolute Gasteiger partial charge is 0.332 e. The second-order valence-corrected chi connectivity index (χ2v) is 6.69. The van der Waals surface area contributed by atoms with Gasteiger partial charge in [-0.25, -0.2) is 4.79 Å². The molecule has 1 aliphatic heterocycles. The first-order valence-corrected chi connectivity index (χ1v) is 7.60. The fraction of sp³-hybridized carbons (Fsp3) is 0.692. The zero-order chi connectivity index (χ0) is 14.2. The molecule has 1 atom stereocenters. The van der Waals surface area contributed by atoms with Gasteiger partial charge in [0.15, 0.2) is 0 Å². The van der Waals surface area contributed by atoms with Crippen molar-refractivity contribution in [3.8, 4) is 0 Å². The van der Waals surface area contributed by atoms with E-state index in [1.165, 1.54) is 7.05 Å². The lowest BCUT2D eigenvalue weighted by atomic mass is 10.1. The Morgan fingerprint density at radius 3 is 2.58 bits per heavy atom. The molecule has 1 fully saturated rings. The molecule has 0 N–H and O–H groups in total. The second kappa shape index (κ2) is 5.45. The molecule has 0 bridgehead atoms. The number of nitrogens with zero attached hydrogens (tertiary/aromatic N) is 3. The van der Waals surface area contributed by atoms with Crippen molar-refractivity contribution in [2.45, 2.75) is 19.1 Å². The van der Waals surface area contributed by atoms with E-state index < -0.39 is 0 Å². The maximum atomic E-state index is 12.0. The van der Waals surface area contributed by atoms with Crippen molar-refractivity contribution in [2.24, 2.45) is 20.0 Å². The van der Waals surface area contributed by atoms with Crippen molar-refractivity contribution in [1.82, 2.24) is 9.13 Å². The van der Waals surface area contributed by atoms with Crippen molar-refractivity contribution in [1.29, 1.82) is 0 Å². The number of aromatic nitrogens is 2. The molecule has 1 aromatic heterocycles. The molecule has 0 amide bonds. The van der Waals surface area contributed by atoms with Crippen LogP contribution in [0.1, 0.15) is 13.8 Å². The summed E-state index contributed by atoms with van der Waals surface area (Å²) in [6.07, 6.45) is 0. The van der Waals surface area contributed by atoms with Gasteiger partial charge in [-0.15, -0.1) is 0 Å². The Balaban J connectivity index is 2.37. The first-order chi connectivity index (χ1) is 8.91. The molecule has 0 aliphatic carbocycles. The van der Waals surface area contributed by atoms with Crippen LogP contribution in [0, 0.1) is 5.92 Å². The van der Waals surface area contributed by atoms with Crippen LogP contribution in [0.25, 0.3) is 0 Å². The molecule has 6 heteroatoms. The number of rotatable bonds is 2. The normalized spacial score (nSPS) is 20.1. The molecule has 19 heavy (non-hydrogen) atoms. The summed E-state index contributed by atoms with van der Waals surface area (Å²) >= 11 is 1.97. The summed E-state index contributed by atoms with van der Waals surface area (Å²) in [5.41, 5.74) is -0.501. The number of anilines is 1. The molecule has 2 heterocycles. The molecule has 2 rings (SSSR count). The maximum absolute atomic E-state index is 12.0. The molecule has 0 radical (unpaired) electrons. The average molecular weight is 283 g/mol. The summed E-state index contributed by atoms with van der Waals surface area (Å²) in [6.45, 7) is 6.20. The predicted octanol–water partition coefficient (Wildman–Crippen LogP) is 0.662. The fourth-order valence-electron chi connectivity index (χ4n) is 2.31. The Kier molecular flexibility index (Phi) is 4.08. The lowest BCUT2D eigenvalue weighted by molar-refractivity contribution is 0.569. The third kappa shape index (κ3) is 2.73. The summed E-state index contributed by atoms with van der Waals surface area (Å²) in [4.78, 5) is 25.9. The highest BCUT2D eigenvalue weighted by Gasteiger charge is 2.24. The Labute approximate surface area is 117 Å². The van der Waals surface area contributed by atoms with Crippen LogP contribution < -0.4 is 16.1 Å². The molecular weight excluding hydrogens is 262 g/mol. The van der Waals surface area contributed by atoms with Crippen molar-refractivity contribution in [3.63, 3.8) is 0 Å². The van der Waals surface area contributed by atoms with Gasteiger partial charge in [-0.3, -0.25) is 13.9 Å². The van der Waals surface area contributed by atoms with Crippen LogP contribution in [0.4, 0.5) is 5.82 Å². The third-order valence-corrected chi connectivity index (χ3v) is 5.20. The van der Waals surface area contributed by atoms with E-state index in [4.69, 9.17) is 0 Å². The summed E-state index contributed by atoms with van der Waals surface area (Å²) in [7, 11) is 3.24. The molecule has 0 spiro atoms. The predicted molar refractivity (Wildman–Crippen MR) is 80.2 cm³/mol. The van der Waals surface area contributed by atoms with Gasteiger partial charge in [0.05, 0.1) is 0 Å². The number of hydrogen-bond acceptors (Lipinski definition) is 4. The monoisotopic (exact) mass is 283 g/mol. The summed E-state index contributed by atoms with van der Waals surface area (Å²) in [5, 5.41) is 0.549. The van der Waals surface area contributed by atoms with Crippen molar-refractivity contribution in [3.05, 3.63) is 26.9 Å². The summed E-state index contributed by atoms with van der Waals surface area (Å²) < 4.78 is 2.71. The second-order valence-electron chi connectivity index (χ2n) is 5.34. The fourth-order valence-corrected chi connectivity index (χ4v) is 3.61. The zero-order valence-corrected chi connectivity index (χ0v) is 12.7. The Morgan fingerprint density at radius 2 is 1.95 bits per heavy atom. The molecular formula is C13H21N3O2S. The van der Waals surface area contributed by atoms with E-state index in [1.807, 2.05) is 11.8 Å². The van der Waals surface area contributed by atoms with Crippen LogP contribution in [0.15, 0.2) is 15.7 Å². The highest BCUT2D eigenvalue weighted by Crippen LogP contribution is 2.27. The van der Waals surface area contributed by atoms with E-state index in [-0.39, 0.29) is 11.2 Å². The van der Waals surface area contributed by atoms with E-state index in [1.54, 1.807) is 17.7 Å². The standard InChI is InChI=1S/C13H21N3O2S/c1-9(2)10-8-16(5-6-19-10)11-7-12(17)15(4)13(18)14(11)3/h7,9-10H,5-6,8H2,1-4H3. The van der Waals surface area contributed by atoms with Crippen LogP contribution in [0.3, 0.4) is 0 Å². The first-order valence-electron chi connectivity index (χ1n) is 6.55. The van der Waals surface area contributed by atoms with Crippen LogP contribution in [0.2, 0.25) is 0 Å². The lowest BCUT2D eigenvalue weighted by Crippen LogP contribution is -2.45. The van der Waals surface area contributed by atoms with Gasteiger partial charge in [0, 0.05) is 44.3 Å². The van der Waals surface area contributed by atoms with Gasteiger partial charge in [-0.1, -0.05) is 13.8 Å². The summed E-state index contributed by atoms with van der Waals surface area (Å²) in [5.74, 6) is 2.36. The van der Waals surface area contributed by atoms with E-state index in [2.05, 4.69) is 18.7 Å². The lowest BCUT2D eigenvalue weighted by Gasteiger charge is -2.36. The minimum Gasteiger partial charge on any atom is -0.356 e. The van der Waals surface area contributed by atoms with Crippen molar-refractivity contribution in [2.75, 3.05) is 23.7 Å². The van der Waals surface area contributed by atoms with E-state index in [0.29, 0.717) is 11.2 Å². The van der Waals surface area contributed by atoms with E-state index >= 15 is 0 Å². The van der Waals surface area contributed by atoms with Crippen molar-refractivity contribution >= 4 is 17.6 Å². The number of hydrogen-bond donors (Lipinski definition) is 0. The van der Waals surface area contributed by atoms with Gasteiger partial charge < -0.3 is 4.90 Å². The third-order valence-electron chi connectivity index (χ3n) is 3.66. The Hall–Kier alpha value is -1.17. The minimum absolute atomic E-state index is 0.238. The SMILES string of the molecule is CC(C)C1CN(c2cc(=O)n(C)c(=O)n2C)CCS1. The minimum atomic E-state index is -0.262. The molecule has 0 aromatic carbocycles. The van der Waals surface area contributed by atoms with Gasteiger partial charge in [0.1, 0.15) is 5.82 Å². The molecule has 1 aromatic rings. The molecule has 5 nitrogen and oxygen atoms in total. The highest BCUT2D eigenvalue weighted by atomic mass is 32.2. The molecule has 0 saturated carbocycles. The van der Waals surface area contributed by atoms with Gasteiger partial charge in [0.2, 0.25) is 0 Å². The van der Waals surface area contributed by atoms with Gasteiger partial charge >= 0.3 is 5.69 Å². The van der Waals surface area contributed by atoms with Crippen molar-refractivity contribution < 1.29 is 0 Å². The van der Waals surface area contributed by atoms with E-state index in [9.17, 15) is 9.59 Å². The summed E-state index contributed by atoms with van der Waals surface area (Å²) in [6, 6.07) is 1.56. The van der Waals surface area contributed by atoms with Gasteiger partial charge in [0.25, 0.3) is 5.56 Å². The number of thioether (sulfide) groups is 1. The topological polar surface area (TPSA) is 47.2 Å². The first kappa shape index (κ1) is 14.2. The maximum Gasteiger partial charge on any atom is 0.332 e. The van der Waals surface area contributed by atoms with E-state index in [0.717, 1.165) is 29.2 Å². The Bertz CT molecular complexity index is 576. The van der Waals surface area contributed by atoms with Gasteiger partial charge in [-0.05, 0) is 5.92 Å². The molecule has 1 saturated heterocycles. The molecule has 1 unspecified atom stereocenters. The average Bonchev–Trinajstić information content (AvgIpc) is 2.40.